The average molecular weight is 254 g/mol. The molecule has 5 heteroatoms. The van der Waals surface area contributed by atoms with E-state index in [2.05, 4.69) is 0 Å². The number of rotatable bonds is 6. The van der Waals surface area contributed by atoms with Crippen LogP contribution in [0.5, 0.6) is 0 Å². The van der Waals surface area contributed by atoms with E-state index in [4.69, 9.17) is 10.5 Å². The maximum absolute atomic E-state index is 12.2. The van der Waals surface area contributed by atoms with Crippen LogP contribution in [0, 0.1) is 0 Å². The maximum Gasteiger partial charge on any atom is 0.325 e. The Hall–Kier alpha value is -1.10. The molecule has 0 aromatic rings. The van der Waals surface area contributed by atoms with Gasteiger partial charge in [-0.1, -0.05) is 0 Å². The van der Waals surface area contributed by atoms with Crippen molar-refractivity contribution in [2.75, 3.05) is 13.2 Å². The highest BCUT2D eigenvalue weighted by Gasteiger charge is 2.40. The molecule has 0 unspecified atom stereocenters. The maximum atomic E-state index is 12.2. The zero-order valence-electron chi connectivity index (χ0n) is 11.0. The number of carbonyl (C=O) groups excluding carboxylic acids is 2. The molecule has 0 aromatic carbocycles. The number of hydrogen-bond acceptors (Lipinski definition) is 4. The van der Waals surface area contributed by atoms with Crippen molar-refractivity contribution in [2.45, 2.75) is 57.0 Å². The Kier molecular flexibility index (Phi) is 3.90. The van der Waals surface area contributed by atoms with Crippen molar-refractivity contribution in [2.24, 2.45) is 5.73 Å². The van der Waals surface area contributed by atoms with Crippen LogP contribution in [0.15, 0.2) is 0 Å². The molecule has 1 amide bonds. The van der Waals surface area contributed by atoms with E-state index in [-0.39, 0.29) is 30.0 Å². The van der Waals surface area contributed by atoms with Gasteiger partial charge >= 0.3 is 5.97 Å². The van der Waals surface area contributed by atoms with Crippen LogP contribution in [0.25, 0.3) is 0 Å². The summed E-state index contributed by atoms with van der Waals surface area (Å²) < 4.78 is 4.91. The fourth-order valence-electron chi connectivity index (χ4n) is 2.36. The lowest BCUT2D eigenvalue weighted by atomic mass is 9.75. The molecule has 2 aliphatic rings. The monoisotopic (exact) mass is 254 g/mol. The molecule has 0 atom stereocenters. The summed E-state index contributed by atoms with van der Waals surface area (Å²) in [6.07, 6.45) is 5.27. The topological polar surface area (TPSA) is 72.6 Å². The molecule has 2 N–H and O–H groups in total. The van der Waals surface area contributed by atoms with Crippen LogP contribution < -0.4 is 5.73 Å². The van der Waals surface area contributed by atoms with Gasteiger partial charge in [0.05, 0.1) is 6.61 Å². The number of nitrogens with two attached hydrogens (primary N) is 1. The molecule has 2 saturated carbocycles. The Balaban J connectivity index is 1.88. The largest absolute Gasteiger partial charge is 0.465 e. The Morgan fingerprint density at radius 2 is 2.06 bits per heavy atom. The summed E-state index contributed by atoms with van der Waals surface area (Å²) in [7, 11) is 0. The number of carbonyl (C=O) groups is 2. The minimum absolute atomic E-state index is 0.00718. The van der Waals surface area contributed by atoms with Gasteiger partial charge in [0.2, 0.25) is 5.91 Å². The van der Waals surface area contributed by atoms with E-state index in [1.54, 1.807) is 11.8 Å². The van der Waals surface area contributed by atoms with E-state index in [0.717, 1.165) is 32.1 Å². The van der Waals surface area contributed by atoms with E-state index in [1.807, 2.05) is 0 Å². The first kappa shape index (κ1) is 13.3. The van der Waals surface area contributed by atoms with E-state index in [1.165, 1.54) is 0 Å². The predicted octanol–water partition coefficient (Wildman–Crippen LogP) is 0.812. The van der Waals surface area contributed by atoms with Crippen LogP contribution in [0.1, 0.15) is 45.4 Å². The van der Waals surface area contributed by atoms with Gasteiger partial charge in [-0.3, -0.25) is 9.59 Å². The summed E-state index contributed by atoms with van der Waals surface area (Å²) in [5.41, 5.74) is 5.77. The summed E-state index contributed by atoms with van der Waals surface area (Å²) >= 11 is 0. The van der Waals surface area contributed by atoms with Gasteiger partial charge in [0.25, 0.3) is 0 Å². The van der Waals surface area contributed by atoms with Crippen LogP contribution in [0.3, 0.4) is 0 Å². The SMILES string of the molecule is CCOC(=O)CN(C(=O)CC1(N)CCC1)C1CC1. The normalized spacial score (nSPS) is 21.0. The molecular weight excluding hydrogens is 232 g/mol. The lowest BCUT2D eigenvalue weighted by molar-refractivity contribution is -0.150. The molecule has 0 aliphatic heterocycles. The van der Waals surface area contributed by atoms with Crippen LogP contribution in [-0.2, 0) is 14.3 Å². The molecule has 102 valence electrons. The van der Waals surface area contributed by atoms with Gasteiger partial charge < -0.3 is 15.4 Å². The van der Waals surface area contributed by atoms with Crippen molar-refractivity contribution >= 4 is 11.9 Å². The van der Waals surface area contributed by atoms with E-state index in [9.17, 15) is 9.59 Å². The number of ether oxygens (including phenoxy) is 1. The molecule has 0 saturated heterocycles. The summed E-state index contributed by atoms with van der Waals surface area (Å²) in [5.74, 6) is -0.315. The second kappa shape index (κ2) is 5.26. The average Bonchev–Trinajstić information content (AvgIpc) is 3.07. The van der Waals surface area contributed by atoms with Gasteiger partial charge in [-0.15, -0.1) is 0 Å². The third kappa shape index (κ3) is 3.22. The van der Waals surface area contributed by atoms with Gasteiger partial charge in [0.15, 0.2) is 0 Å². The highest BCUT2D eigenvalue weighted by Crippen LogP contribution is 2.34. The zero-order valence-corrected chi connectivity index (χ0v) is 11.0. The summed E-state index contributed by atoms with van der Waals surface area (Å²) in [4.78, 5) is 25.4. The standard InChI is InChI=1S/C13H22N2O3/c1-2-18-12(17)9-15(10-4-5-10)11(16)8-13(14)6-3-7-13/h10H,2-9,14H2,1H3. The lowest BCUT2D eigenvalue weighted by Gasteiger charge is -2.38. The van der Waals surface area contributed by atoms with Crippen molar-refractivity contribution in [1.82, 2.24) is 4.90 Å². The quantitative estimate of drug-likeness (QED) is 0.712. The van der Waals surface area contributed by atoms with E-state index < -0.39 is 0 Å². The summed E-state index contributed by atoms with van der Waals surface area (Å²) in [5, 5.41) is 0. The minimum Gasteiger partial charge on any atom is -0.465 e. The Labute approximate surface area is 108 Å². The Morgan fingerprint density at radius 1 is 1.39 bits per heavy atom. The summed E-state index contributed by atoms with van der Waals surface area (Å²) in [6, 6.07) is 0.227. The first-order valence-electron chi connectivity index (χ1n) is 6.78. The van der Waals surface area contributed by atoms with Crippen molar-refractivity contribution in [3.05, 3.63) is 0 Å². The van der Waals surface area contributed by atoms with Gasteiger partial charge in [0, 0.05) is 18.0 Å². The van der Waals surface area contributed by atoms with Crippen molar-refractivity contribution in [1.29, 1.82) is 0 Å². The molecule has 5 nitrogen and oxygen atoms in total. The van der Waals surface area contributed by atoms with Gasteiger partial charge in [-0.25, -0.2) is 0 Å². The molecular formula is C13H22N2O3. The smallest absolute Gasteiger partial charge is 0.325 e. The first-order chi connectivity index (χ1) is 8.54. The number of hydrogen-bond donors (Lipinski definition) is 1. The Morgan fingerprint density at radius 3 is 2.50 bits per heavy atom. The van der Waals surface area contributed by atoms with E-state index >= 15 is 0 Å². The molecule has 0 aromatic heterocycles. The summed E-state index contributed by atoms with van der Waals surface area (Å²) in [6.45, 7) is 2.20. The third-order valence-electron chi connectivity index (χ3n) is 3.77. The molecule has 0 radical (unpaired) electrons. The predicted molar refractivity (Wildman–Crippen MR) is 66.8 cm³/mol. The third-order valence-corrected chi connectivity index (χ3v) is 3.77. The second-order valence-electron chi connectivity index (χ2n) is 5.45. The van der Waals surface area contributed by atoms with Gasteiger partial charge in [-0.05, 0) is 39.0 Å². The lowest BCUT2D eigenvalue weighted by Crippen LogP contribution is -2.51. The minimum atomic E-state index is -0.322. The number of esters is 1. The van der Waals surface area contributed by atoms with Crippen LogP contribution in [-0.4, -0.2) is 41.5 Å². The number of amides is 1. The molecule has 2 fully saturated rings. The Bertz CT molecular complexity index is 335. The molecule has 0 bridgehead atoms. The zero-order chi connectivity index (χ0) is 13.2. The van der Waals surface area contributed by atoms with Crippen LogP contribution in [0.4, 0.5) is 0 Å². The highest BCUT2D eigenvalue weighted by atomic mass is 16.5. The van der Waals surface area contributed by atoms with Crippen molar-refractivity contribution < 1.29 is 14.3 Å². The highest BCUT2D eigenvalue weighted by molar-refractivity contribution is 5.83. The van der Waals surface area contributed by atoms with Crippen LogP contribution >= 0.6 is 0 Å². The molecule has 0 heterocycles. The molecule has 0 spiro atoms. The number of nitrogens with zero attached hydrogens (tertiary/aromatic N) is 1. The molecule has 2 rings (SSSR count). The van der Waals surface area contributed by atoms with Crippen molar-refractivity contribution in [3.63, 3.8) is 0 Å². The fraction of sp³-hybridized carbons (Fsp3) is 0.846. The molecule has 2 aliphatic carbocycles. The van der Waals surface area contributed by atoms with Crippen molar-refractivity contribution in [3.8, 4) is 0 Å². The van der Waals surface area contributed by atoms with Gasteiger partial charge in [0.1, 0.15) is 6.54 Å². The van der Waals surface area contributed by atoms with E-state index in [0.29, 0.717) is 13.0 Å². The van der Waals surface area contributed by atoms with Gasteiger partial charge in [-0.2, -0.15) is 0 Å². The van der Waals surface area contributed by atoms with Crippen LogP contribution in [0.2, 0.25) is 0 Å². The molecule has 18 heavy (non-hydrogen) atoms. The first-order valence-corrected chi connectivity index (χ1v) is 6.78. The second-order valence-corrected chi connectivity index (χ2v) is 5.45. The fourth-order valence-corrected chi connectivity index (χ4v) is 2.36.